The van der Waals surface area contributed by atoms with Gasteiger partial charge < -0.3 is 14.7 Å². The summed E-state index contributed by atoms with van der Waals surface area (Å²) in [5, 5.41) is 9.10. The molecule has 0 saturated carbocycles. The summed E-state index contributed by atoms with van der Waals surface area (Å²) in [6, 6.07) is 0. The lowest BCUT2D eigenvalue weighted by Gasteiger charge is -2.39. The van der Waals surface area contributed by atoms with Crippen LogP contribution in [0.3, 0.4) is 0 Å². The third-order valence-corrected chi connectivity index (χ3v) is 3.13. The molecule has 1 saturated heterocycles. The van der Waals surface area contributed by atoms with Gasteiger partial charge in [-0.15, -0.1) is 0 Å². The third kappa shape index (κ3) is 4.30. The molecule has 4 nitrogen and oxygen atoms in total. The maximum Gasteiger partial charge on any atom is 0.410 e. The average molecular weight is 233 g/mol. The van der Waals surface area contributed by atoms with Crippen molar-refractivity contribution >= 4 is 17.9 Å². The van der Waals surface area contributed by atoms with Gasteiger partial charge in [-0.3, -0.25) is 0 Å². The number of hydrogen-bond acceptors (Lipinski definition) is 4. The monoisotopic (exact) mass is 233 g/mol. The maximum atomic E-state index is 11.5. The lowest BCUT2D eigenvalue weighted by molar-refractivity contribution is 0.0144. The highest BCUT2D eigenvalue weighted by atomic mass is 32.2. The fourth-order valence-corrected chi connectivity index (χ4v) is 2.25. The first-order chi connectivity index (χ1) is 6.92. The molecule has 0 bridgehead atoms. The van der Waals surface area contributed by atoms with E-state index >= 15 is 0 Å². The van der Waals surface area contributed by atoms with Gasteiger partial charge in [0.15, 0.2) is 0 Å². The van der Waals surface area contributed by atoms with E-state index in [1.165, 1.54) is 0 Å². The van der Waals surface area contributed by atoms with Crippen LogP contribution in [0.25, 0.3) is 0 Å². The van der Waals surface area contributed by atoms with E-state index < -0.39 is 5.60 Å². The number of aliphatic hydroxyl groups excluding tert-OH is 1. The molecule has 0 radical (unpaired) electrons. The van der Waals surface area contributed by atoms with Gasteiger partial charge in [0.25, 0.3) is 0 Å². The van der Waals surface area contributed by atoms with Gasteiger partial charge in [0.05, 0.1) is 6.61 Å². The minimum atomic E-state index is -0.416. The smallest absolute Gasteiger partial charge is 0.410 e. The van der Waals surface area contributed by atoms with Crippen molar-refractivity contribution in [2.75, 3.05) is 25.4 Å². The Labute approximate surface area is 95.0 Å². The lowest BCUT2D eigenvalue weighted by Crippen LogP contribution is -2.53. The van der Waals surface area contributed by atoms with E-state index in [9.17, 15) is 4.79 Å². The van der Waals surface area contributed by atoms with E-state index in [4.69, 9.17) is 9.84 Å². The predicted molar refractivity (Wildman–Crippen MR) is 61.1 cm³/mol. The minimum Gasteiger partial charge on any atom is -0.444 e. The summed E-state index contributed by atoms with van der Waals surface area (Å²) in [6.07, 6.45) is -0.233. The summed E-state index contributed by atoms with van der Waals surface area (Å²) in [5.74, 6) is 0.743. The van der Waals surface area contributed by atoms with Crippen LogP contribution in [0.1, 0.15) is 20.8 Å². The molecular weight excluding hydrogens is 214 g/mol. The van der Waals surface area contributed by atoms with Crippen molar-refractivity contribution in [2.45, 2.75) is 31.6 Å². The van der Waals surface area contributed by atoms with Gasteiger partial charge in [-0.1, -0.05) is 0 Å². The van der Waals surface area contributed by atoms with Crippen LogP contribution < -0.4 is 0 Å². The summed E-state index contributed by atoms with van der Waals surface area (Å²) in [5.41, 5.74) is -0.416. The van der Waals surface area contributed by atoms with Gasteiger partial charge in [-0.05, 0) is 20.8 Å². The fraction of sp³-hybridized carbons (Fsp3) is 0.900. The molecule has 0 unspecified atom stereocenters. The van der Waals surface area contributed by atoms with Crippen LogP contribution in [0.15, 0.2) is 0 Å². The average Bonchev–Trinajstić information content (AvgIpc) is 1.98. The number of hydrogen-bond donors (Lipinski definition) is 1. The Morgan fingerprint density at radius 2 is 2.13 bits per heavy atom. The maximum absolute atomic E-state index is 11.5. The second kappa shape index (κ2) is 5.07. The third-order valence-electron chi connectivity index (χ3n) is 1.94. The zero-order chi connectivity index (χ0) is 11.5. The molecule has 15 heavy (non-hydrogen) atoms. The van der Waals surface area contributed by atoms with Gasteiger partial charge in [0.2, 0.25) is 0 Å². The van der Waals surface area contributed by atoms with E-state index in [0.29, 0.717) is 5.25 Å². The van der Waals surface area contributed by atoms with E-state index in [1.54, 1.807) is 16.7 Å². The first kappa shape index (κ1) is 12.6. The van der Waals surface area contributed by atoms with Crippen LogP contribution in [0, 0.1) is 0 Å². The number of nitrogens with zero attached hydrogens (tertiary/aromatic N) is 1. The highest BCUT2D eigenvalue weighted by Crippen LogP contribution is 2.23. The number of thioether (sulfide) groups is 1. The topological polar surface area (TPSA) is 49.8 Å². The summed E-state index contributed by atoms with van der Waals surface area (Å²) in [6.45, 7) is 7.26. The van der Waals surface area contributed by atoms with Crippen molar-refractivity contribution in [2.24, 2.45) is 0 Å². The molecular formula is C10H19NO3S. The number of likely N-dealkylation sites (tertiary alicyclic amines) is 1. The molecule has 1 aliphatic rings. The Hall–Kier alpha value is -0.420. The Kier molecular flexibility index (Phi) is 4.28. The first-order valence-corrected chi connectivity index (χ1v) is 6.17. The van der Waals surface area contributed by atoms with Crippen molar-refractivity contribution in [1.82, 2.24) is 4.90 Å². The highest BCUT2D eigenvalue weighted by molar-refractivity contribution is 8.00. The molecule has 1 amide bonds. The van der Waals surface area contributed by atoms with Crippen molar-refractivity contribution in [3.05, 3.63) is 0 Å². The Morgan fingerprint density at radius 1 is 1.53 bits per heavy atom. The SMILES string of the molecule is CC(C)(C)OC(=O)N1CC(SCCO)C1. The molecule has 1 aliphatic heterocycles. The Morgan fingerprint density at radius 3 is 2.60 bits per heavy atom. The van der Waals surface area contributed by atoms with Gasteiger partial charge in [-0.25, -0.2) is 4.79 Å². The van der Waals surface area contributed by atoms with Crippen molar-refractivity contribution in [1.29, 1.82) is 0 Å². The Bertz CT molecular complexity index is 221. The zero-order valence-corrected chi connectivity index (χ0v) is 10.3. The van der Waals surface area contributed by atoms with Gasteiger partial charge in [0, 0.05) is 24.1 Å². The number of amides is 1. The largest absolute Gasteiger partial charge is 0.444 e. The van der Waals surface area contributed by atoms with Crippen molar-refractivity contribution < 1.29 is 14.6 Å². The van der Waals surface area contributed by atoms with E-state index in [2.05, 4.69) is 0 Å². The number of rotatable bonds is 3. The summed E-state index contributed by atoms with van der Waals surface area (Å²) in [4.78, 5) is 13.2. The summed E-state index contributed by atoms with van der Waals surface area (Å²) < 4.78 is 5.22. The van der Waals surface area contributed by atoms with Crippen LogP contribution in [-0.2, 0) is 4.74 Å². The minimum absolute atomic E-state index is 0.202. The zero-order valence-electron chi connectivity index (χ0n) is 9.52. The van der Waals surface area contributed by atoms with Gasteiger partial charge in [0.1, 0.15) is 5.60 Å². The molecule has 0 atom stereocenters. The number of ether oxygens (including phenoxy) is 1. The van der Waals surface area contributed by atoms with Crippen molar-refractivity contribution in [3.8, 4) is 0 Å². The van der Waals surface area contributed by atoms with E-state index in [-0.39, 0.29) is 12.7 Å². The van der Waals surface area contributed by atoms with E-state index in [0.717, 1.165) is 18.8 Å². The number of carbonyl (C=O) groups excluding carboxylic acids is 1. The van der Waals surface area contributed by atoms with Crippen LogP contribution in [0.4, 0.5) is 4.79 Å². The van der Waals surface area contributed by atoms with Crippen LogP contribution in [-0.4, -0.2) is 52.4 Å². The predicted octanol–water partition coefficient (Wildman–Crippen LogP) is 1.33. The Balaban J connectivity index is 2.18. The summed E-state index contributed by atoms with van der Waals surface area (Å²) in [7, 11) is 0. The van der Waals surface area contributed by atoms with Crippen LogP contribution in [0.2, 0.25) is 0 Å². The summed E-state index contributed by atoms with van der Waals surface area (Å²) >= 11 is 1.70. The second-order valence-electron chi connectivity index (χ2n) is 4.60. The number of carbonyl (C=O) groups is 1. The molecule has 1 N–H and O–H groups in total. The second-order valence-corrected chi connectivity index (χ2v) is 6.01. The first-order valence-electron chi connectivity index (χ1n) is 5.13. The highest BCUT2D eigenvalue weighted by Gasteiger charge is 2.33. The molecule has 5 heteroatoms. The normalized spacial score (nSPS) is 17.5. The van der Waals surface area contributed by atoms with E-state index in [1.807, 2.05) is 20.8 Å². The van der Waals surface area contributed by atoms with Crippen molar-refractivity contribution in [3.63, 3.8) is 0 Å². The quantitative estimate of drug-likeness (QED) is 0.799. The lowest BCUT2D eigenvalue weighted by atomic mass is 10.2. The van der Waals surface area contributed by atoms with Gasteiger partial charge in [-0.2, -0.15) is 11.8 Å². The molecule has 0 aromatic heterocycles. The molecule has 0 aromatic rings. The molecule has 88 valence electrons. The standard InChI is InChI=1S/C10H19NO3S/c1-10(2,3)14-9(13)11-6-8(7-11)15-5-4-12/h8,12H,4-7H2,1-3H3. The molecule has 1 heterocycles. The van der Waals surface area contributed by atoms with Crippen LogP contribution >= 0.6 is 11.8 Å². The molecule has 0 spiro atoms. The number of aliphatic hydroxyl groups is 1. The fourth-order valence-electron chi connectivity index (χ4n) is 1.24. The molecule has 1 fully saturated rings. The molecule has 0 aromatic carbocycles. The van der Waals surface area contributed by atoms with Gasteiger partial charge >= 0.3 is 6.09 Å². The van der Waals surface area contributed by atoms with Crippen LogP contribution in [0.5, 0.6) is 0 Å². The molecule has 1 rings (SSSR count). The molecule has 0 aliphatic carbocycles.